The van der Waals surface area contributed by atoms with Gasteiger partial charge in [0.25, 0.3) is 5.91 Å². The van der Waals surface area contributed by atoms with Gasteiger partial charge in [0.1, 0.15) is 5.84 Å². The Kier molecular flexibility index (Phi) is 5.64. The molecule has 33 heavy (non-hydrogen) atoms. The van der Waals surface area contributed by atoms with Gasteiger partial charge in [-0.15, -0.1) is 4.40 Å². The molecule has 0 saturated heterocycles. The van der Waals surface area contributed by atoms with E-state index in [1.54, 1.807) is 44.3 Å². The van der Waals surface area contributed by atoms with E-state index < -0.39 is 21.7 Å². The first-order chi connectivity index (χ1) is 15.6. The quantitative estimate of drug-likeness (QED) is 0.529. The van der Waals surface area contributed by atoms with Crippen molar-refractivity contribution in [2.45, 2.75) is 19.4 Å². The average molecular weight is 466 g/mol. The molecule has 0 fully saturated rings. The number of amides is 1. The van der Waals surface area contributed by atoms with Crippen molar-refractivity contribution in [1.29, 1.82) is 0 Å². The Morgan fingerprint density at radius 2 is 1.85 bits per heavy atom. The lowest BCUT2D eigenvalue weighted by Gasteiger charge is -2.39. The lowest BCUT2D eigenvalue weighted by molar-refractivity contribution is 0.0935. The van der Waals surface area contributed by atoms with E-state index in [2.05, 4.69) is 14.1 Å². The molecule has 9 nitrogen and oxygen atoms in total. The monoisotopic (exact) mass is 465 g/mol. The fourth-order valence-electron chi connectivity index (χ4n) is 3.66. The second-order valence-electron chi connectivity index (χ2n) is 8.16. The zero-order chi connectivity index (χ0) is 23.8. The number of nitrogens with zero attached hydrogens (tertiary/aromatic N) is 3. The lowest BCUT2D eigenvalue weighted by atomic mass is 9.97. The minimum Gasteiger partial charge on any atom is -0.394 e. The maximum Gasteiger partial charge on any atom is 0.344 e. The molecule has 0 aliphatic carbocycles. The minimum absolute atomic E-state index is 0.200. The molecule has 0 saturated carbocycles. The van der Waals surface area contributed by atoms with Gasteiger partial charge in [0.05, 0.1) is 34.8 Å². The number of aliphatic hydroxyl groups is 1. The van der Waals surface area contributed by atoms with E-state index in [1.807, 2.05) is 30.3 Å². The number of aromatic nitrogens is 1. The minimum atomic E-state index is -3.99. The van der Waals surface area contributed by atoms with Crippen molar-refractivity contribution in [2.75, 3.05) is 16.2 Å². The number of carbonyl (C=O) groups is 1. The largest absolute Gasteiger partial charge is 0.394 e. The lowest BCUT2D eigenvalue weighted by Crippen LogP contribution is -2.51. The van der Waals surface area contributed by atoms with Gasteiger partial charge in [0, 0.05) is 17.3 Å². The van der Waals surface area contributed by atoms with Gasteiger partial charge in [-0.05, 0) is 38.1 Å². The fraction of sp³-hybridized carbons (Fsp3) is 0.174. The molecule has 0 spiro atoms. The van der Waals surface area contributed by atoms with E-state index in [0.29, 0.717) is 16.9 Å². The third-order valence-corrected chi connectivity index (χ3v) is 6.18. The van der Waals surface area contributed by atoms with Gasteiger partial charge in [0.15, 0.2) is 0 Å². The predicted octanol–water partition coefficient (Wildman–Crippen LogP) is 2.54. The van der Waals surface area contributed by atoms with Crippen molar-refractivity contribution >= 4 is 33.3 Å². The molecular weight excluding hydrogens is 442 g/mol. The number of carbonyl (C=O) groups excluding carboxylic acids is 1. The summed E-state index contributed by atoms with van der Waals surface area (Å²) < 4.78 is 29.8. The number of aliphatic hydroxyl groups excluding tert-OH is 1. The van der Waals surface area contributed by atoms with Crippen LogP contribution in [0.5, 0.6) is 0 Å². The molecule has 0 unspecified atom stereocenters. The number of anilines is 2. The highest BCUT2D eigenvalue weighted by Gasteiger charge is 2.36. The standard InChI is InChI=1S/C23H23N5O4S/c1-23(2,14-29)28(19-10-6-9-17-20(19)21(24)27-33(31,32)26-17)22(30)16-11-12-25-18(13-16)15-7-4-3-5-8-15/h3-13,26,29H,14H2,1-2H3,(H2,24,27). The maximum absolute atomic E-state index is 13.8. The number of nitrogens with one attached hydrogen (secondary N) is 1. The molecule has 4 N–H and O–H groups in total. The Morgan fingerprint density at radius 1 is 1.12 bits per heavy atom. The summed E-state index contributed by atoms with van der Waals surface area (Å²) in [7, 11) is -3.99. The van der Waals surface area contributed by atoms with Crippen molar-refractivity contribution in [2.24, 2.45) is 10.1 Å². The van der Waals surface area contributed by atoms with E-state index in [-0.39, 0.29) is 23.7 Å². The zero-order valence-electron chi connectivity index (χ0n) is 18.1. The number of fused-ring (bicyclic) bond motifs is 1. The van der Waals surface area contributed by atoms with Gasteiger partial charge in [0.2, 0.25) is 0 Å². The SMILES string of the molecule is CC(C)(CO)N(C(=O)c1ccnc(-c2ccccc2)c1)c1cccc2c1C(N)=NS(=O)(=O)N2. The number of benzene rings is 2. The first-order valence-corrected chi connectivity index (χ1v) is 11.6. The molecule has 10 heteroatoms. The van der Waals surface area contributed by atoms with Crippen molar-refractivity contribution in [3.05, 3.63) is 78.0 Å². The van der Waals surface area contributed by atoms with Crippen LogP contribution in [0.1, 0.15) is 29.8 Å². The van der Waals surface area contributed by atoms with Gasteiger partial charge in [-0.2, -0.15) is 8.42 Å². The highest BCUT2D eigenvalue weighted by atomic mass is 32.2. The van der Waals surface area contributed by atoms with E-state index in [0.717, 1.165) is 5.56 Å². The Labute approximate surface area is 191 Å². The number of pyridine rings is 1. The summed E-state index contributed by atoms with van der Waals surface area (Å²) in [5.41, 5.74) is 7.54. The zero-order valence-corrected chi connectivity index (χ0v) is 18.9. The Bertz CT molecular complexity index is 1350. The van der Waals surface area contributed by atoms with Crippen LogP contribution in [0.2, 0.25) is 0 Å². The first kappa shape index (κ1) is 22.4. The third kappa shape index (κ3) is 4.30. The smallest absolute Gasteiger partial charge is 0.344 e. The third-order valence-electron chi connectivity index (χ3n) is 5.27. The van der Waals surface area contributed by atoms with Gasteiger partial charge in [-0.25, -0.2) is 0 Å². The second kappa shape index (κ2) is 8.30. The van der Waals surface area contributed by atoms with Crippen LogP contribution in [-0.4, -0.2) is 42.4 Å². The van der Waals surface area contributed by atoms with Gasteiger partial charge in [-0.1, -0.05) is 36.4 Å². The molecule has 0 atom stereocenters. The Morgan fingerprint density at radius 3 is 2.55 bits per heavy atom. The van der Waals surface area contributed by atoms with Crippen LogP contribution in [0, 0.1) is 0 Å². The molecular formula is C23H23N5O4S. The molecule has 0 radical (unpaired) electrons. The van der Waals surface area contributed by atoms with Crippen LogP contribution < -0.4 is 15.4 Å². The molecule has 0 bridgehead atoms. The molecule has 1 aromatic heterocycles. The first-order valence-electron chi connectivity index (χ1n) is 10.1. The molecule has 3 aromatic rings. The Balaban J connectivity index is 1.86. The number of nitrogens with two attached hydrogens (primary N) is 1. The van der Waals surface area contributed by atoms with E-state index in [1.165, 1.54) is 11.0 Å². The topological polar surface area (TPSA) is 138 Å². The number of amidine groups is 1. The van der Waals surface area contributed by atoms with Crippen LogP contribution in [0.4, 0.5) is 11.4 Å². The van der Waals surface area contributed by atoms with Crippen molar-refractivity contribution < 1.29 is 18.3 Å². The molecule has 1 amide bonds. The average Bonchev–Trinajstić information content (AvgIpc) is 2.78. The number of rotatable bonds is 5. The van der Waals surface area contributed by atoms with Crippen LogP contribution in [0.15, 0.2) is 71.3 Å². The summed E-state index contributed by atoms with van der Waals surface area (Å²) in [4.78, 5) is 19.6. The normalized spacial score (nSPS) is 14.6. The molecule has 2 heterocycles. The van der Waals surface area contributed by atoms with E-state index in [4.69, 9.17) is 5.73 Å². The molecule has 1 aliphatic rings. The predicted molar refractivity (Wildman–Crippen MR) is 127 cm³/mol. The fourth-order valence-corrected chi connectivity index (χ4v) is 4.50. The van der Waals surface area contributed by atoms with E-state index >= 15 is 0 Å². The van der Waals surface area contributed by atoms with Crippen molar-refractivity contribution in [3.8, 4) is 11.3 Å². The molecule has 1 aliphatic heterocycles. The summed E-state index contributed by atoms with van der Waals surface area (Å²) in [6.07, 6.45) is 1.55. The molecule has 2 aromatic carbocycles. The second-order valence-corrected chi connectivity index (χ2v) is 9.50. The van der Waals surface area contributed by atoms with E-state index in [9.17, 15) is 18.3 Å². The maximum atomic E-state index is 13.8. The summed E-state index contributed by atoms with van der Waals surface area (Å²) >= 11 is 0. The number of hydrogen-bond donors (Lipinski definition) is 3. The summed E-state index contributed by atoms with van der Waals surface area (Å²) in [5.74, 6) is -0.658. The highest BCUT2D eigenvalue weighted by Crippen LogP contribution is 2.36. The highest BCUT2D eigenvalue weighted by molar-refractivity contribution is 7.91. The summed E-state index contributed by atoms with van der Waals surface area (Å²) in [5, 5.41) is 10.1. The van der Waals surface area contributed by atoms with Gasteiger partial charge >= 0.3 is 10.2 Å². The van der Waals surface area contributed by atoms with Crippen molar-refractivity contribution in [3.63, 3.8) is 0 Å². The molecule has 170 valence electrons. The van der Waals surface area contributed by atoms with Gasteiger partial charge in [-0.3, -0.25) is 19.4 Å². The van der Waals surface area contributed by atoms with Crippen LogP contribution in [0.25, 0.3) is 11.3 Å². The van der Waals surface area contributed by atoms with Crippen LogP contribution >= 0.6 is 0 Å². The summed E-state index contributed by atoms with van der Waals surface area (Å²) in [6, 6.07) is 17.5. The number of hydrogen-bond acceptors (Lipinski definition) is 6. The Hall–Kier alpha value is -3.76. The molecule has 4 rings (SSSR count). The van der Waals surface area contributed by atoms with Gasteiger partial charge < -0.3 is 10.8 Å². The van der Waals surface area contributed by atoms with Crippen molar-refractivity contribution in [1.82, 2.24) is 4.98 Å². The van der Waals surface area contributed by atoms with Crippen LogP contribution in [-0.2, 0) is 10.2 Å². The van der Waals surface area contributed by atoms with Crippen LogP contribution in [0.3, 0.4) is 0 Å². The summed E-state index contributed by atoms with van der Waals surface area (Å²) in [6.45, 7) is 3.04.